The highest BCUT2D eigenvalue weighted by molar-refractivity contribution is 8.00. The number of ether oxygens (including phenoxy) is 3. The first kappa shape index (κ1) is 22.9. The standard InChI is InChI=1S/C26H26N4O5S/c1-33-23-7-3-15-2-5-20-24(25(15)29-23)16(13-34-20)8-9-27-11-18-12-30(26(32)35-18)17-4-6-21-19(10-17)28-22(31)14-36-21/h2-7,10,16,18,27H,8-9,11-14H2,1H3,(H,28,31). The number of amides is 2. The van der Waals surface area contributed by atoms with Crippen LogP contribution in [0.2, 0.25) is 0 Å². The molecule has 2 unspecified atom stereocenters. The van der Waals surface area contributed by atoms with Crippen molar-refractivity contribution in [3.63, 3.8) is 0 Å². The zero-order valence-corrected chi connectivity index (χ0v) is 20.6. The molecule has 3 aliphatic rings. The van der Waals surface area contributed by atoms with Gasteiger partial charge in [-0.25, -0.2) is 9.78 Å². The van der Waals surface area contributed by atoms with Gasteiger partial charge >= 0.3 is 6.09 Å². The lowest BCUT2D eigenvalue weighted by Gasteiger charge is -2.20. The van der Waals surface area contributed by atoms with Crippen LogP contribution in [0.15, 0.2) is 47.4 Å². The van der Waals surface area contributed by atoms with Crippen LogP contribution in [-0.4, -0.2) is 62.2 Å². The number of aromatic nitrogens is 1. The van der Waals surface area contributed by atoms with Crippen molar-refractivity contribution in [3.05, 3.63) is 48.0 Å². The Balaban J connectivity index is 1.05. The number of nitrogens with zero attached hydrogens (tertiary/aromatic N) is 2. The zero-order chi connectivity index (χ0) is 24.6. The van der Waals surface area contributed by atoms with E-state index in [2.05, 4.69) is 15.6 Å². The average Bonchev–Trinajstić information content (AvgIpc) is 3.49. The van der Waals surface area contributed by atoms with Gasteiger partial charge in [0.1, 0.15) is 11.9 Å². The summed E-state index contributed by atoms with van der Waals surface area (Å²) < 4.78 is 16.8. The second kappa shape index (κ2) is 9.51. The molecule has 10 heteroatoms. The smallest absolute Gasteiger partial charge is 0.414 e. The molecule has 2 N–H and O–H groups in total. The first-order chi connectivity index (χ1) is 17.6. The molecule has 0 spiro atoms. The number of fused-ring (bicyclic) bond motifs is 4. The number of carbonyl (C=O) groups is 2. The maximum absolute atomic E-state index is 12.5. The number of thioether (sulfide) groups is 1. The second-order valence-electron chi connectivity index (χ2n) is 9.04. The van der Waals surface area contributed by atoms with Crippen LogP contribution in [0, 0.1) is 0 Å². The van der Waals surface area contributed by atoms with Crippen LogP contribution in [0.3, 0.4) is 0 Å². The fourth-order valence-corrected chi connectivity index (χ4v) is 5.72. The van der Waals surface area contributed by atoms with E-state index in [-0.39, 0.29) is 24.0 Å². The lowest BCUT2D eigenvalue weighted by molar-refractivity contribution is -0.113. The summed E-state index contributed by atoms with van der Waals surface area (Å²) in [4.78, 5) is 31.5. The van der Waals surface area contributed by atoms with Crippen molar-refractivity contribution in [1.29, 1.82) is 0 Å². The third-order valence-corrected chi connectivity index (χ3v) is 7.79. The van der Waals surface area contributed by atoms with Crippen LogP contribution < -0.4 is 25.0 Å². The molecule has 1 fully saturated rings. The SMILES string of the molecule is COc1ccc2ccc3c(c2n1)C(CCNCC1CN(c2ccc4c(c2)NC(=O)CS4)C(=O)O1)CO3. The highest BCUT2D eigenvalue weighted by Crippen LogP contribution is 2.40. The zero-order valence-electron chi connectivity index (χ0n) is 19.8. The number of hydrogen-bond acceptors (Lipinski definition) is 8. The summed E-state index contributed by atoms with van der Waals surface area (Å²) >= 11 is 1.50. The predicted molar refractivity (Wildman–Crippen MR) is 137 cm³/mol. The minimum absolute atomic E-state index is 0.0334. The normalized spacial score (nSPS) is 20.5. The van der Waals surface area contributed by atoms with Crippen molar-refractivity contribution >= 4 is 46.0 Å². The molecule has 2 amide bonds. The van der Waals surface area contributed by atoms with E-state index in [1.54, 1.807) is 12.0 Å². The summed E-state index contributed by atoms with van der Waals surface area (Å²) in [6, 6.07) is 13.6. The van der Waals surface area contributed by atoms with E-state index in [0.717, 1.165) is 51.5 Å². The van der Waals surface area contributed by atoms with Gasteiger partial charge in [0.05, 0.1) is 37.2 Å². The molecule has 9 nitrogen and oxygen atoms in total. The minimum Gasteiger partial charge on any atom is -0.493 e. The van der Waals surface area contributed by atoms with Gasteiger partial charge in [-0.15, -0.1) is 11.8 Å². The number of cyclic esters (lactones) is 1. The van der Waals surface area contributed by atoms with Crippen LogP contribution in [0.4, 0.5) is 16.2 Å². The Morgan fingerprint density at radius 2 is 2.11 bits per heavy atom. The first-order valence-corrected chi connectivity index (χ1v) is 12.9. The molecule has 186 valence electrons. The van der Waals surface area contributed by atoms with E-state index in [4.69, 9.17) is 14.2 Å². The van der Waals surface area contributed by atoms with Crippen LogP contribution in [0.1, 0.15) is 17.9 Å². The Bertz CT molecular complexity index is 1350. The van der Waals surface area contributed by atoms with Gasteiger partial charge in [0.25, 0.3) is 0 Å². The van der Waals surface area contributed by atoms with Crippen molar-refractivity contribution < 1.29 is 23.8 Å². The van der Waals surface area contributed by atoms with Gasteiger partial charge in [-0.1, -0.05) is 0 Å². The van der Waals surface area contributed by atoms with Gasteiger partial charge in [0, 0.05) is 40.1 Å². The summed E-state index contributed by atoms with van der Waals surface area (Å²) in [6.07, 6.45) is 0.245. The number of nitrogens with one attached hydrogen (secondary N) is 2. The minimum atomic E-state index is -0.374. The van der Waals surface area contributed by atoms with E-state index in [9.17, 15) is 9.59 Å². The van der Waals surface area contributed by atoms with Gasteiger partial charge in [-0.2, -0.15) is 0 Å². The lowest BCUT2D eigenvalue weighted by atomic mass is 9.95. The molecule has 6 rings (SSSR count). The van der Waals surface area contributed by atoms with Gasteiger partial charge < -0.3 is 24.8 Å². The van der Waals surface area contributed by atoms with Crippen molar-refractivity contribution in [2.75, 3.05) is 49.3 Å². The number of methoxy groups -OCH3 is 1. The van der Waals surface area contributed by atoms with Gasteiger partial charge in [0.15, 0.2) is 0 Å². The molecular formula is C26H26N4O5S. The highest BCUT2D eigenvalue weighted by atomic mass is 32.2. The Morgan fingerprint density at radius 3 is 3.00 bits per heavy atom. The molecule has 2 aromatic carbocycles. The number of anilines is 2. The van der Waals surface area contributed by atoms with Crippen LogP contribution in [0.25, 0.3) is 10.9 Å². The lowest BCUT2D eigenvalue weighted by Crippen LogP contribution is -2.32. The van der Waals surface area contributed by atoms with Crippen LogP contribution in [-0.2, 0) is 9.53 Å². The van der Waals surface area contributed by atoms with Gasteiger partial charge in [0.2, 0.25) is 11.8 Å². The van der Waals surface area contributed by atoms with E-state index >= 15 is 0 Å². The fraction of sp³-hybridized carbons (Fsp3) is 0.346. The third kappa shape index (κ3) is 4.31. The first-order valence-electron chi connectivity index (χ1n) is 11.9. The maximum atomic E-state index is 12.5. The quantitative estimate of drug-likeness (QED) is 0.467. The molecule has 1 aromatic heterocycles. The van der Waals surface area contributed by atoms with E-state index in [0.29, 0.717) is 31.3 Å². The summed E-state index contributed by atoms with van der Waals surface area (Å²) in [5.41, 5.74) is 3.51. The number of benzene rings is 2. The second-order valence-corrected chi connectivity index (χ2v) is 10.1. The Labute approximate surface area is 212 Å². The molecule has 0 saturated carbocycles. The molecule has 3 aromatic rings. The molecule has 0 bridgehead atoms. The van der Waals surface area contributed by atoms with Crippen molar-refractivity contribution in [1.82, 2.24) is 10.3 Å². The molecular weight excluding hydrogens is 480 g/mol. The van der Waals surface area contributed by atoms with E-state index in [1.807, 2.05) is 42.5 Å². The molecule has 4 heterocycles. The highest BCUT2D eigenvalue weighted by Gasteiger charge is 2.33. The summed E-state index contributed by atoms with van der Waals surface area (Å²) in [5, 5.41) is 7.38. The van der Waals surface area contributed by atoms with E-state index < -0.39 is 0 Å². The fourth-order valence-electron chi connectivity index (χ4n) is 4.93. The summed E-state index contributed by atoms with van der Waals surface area (Å²) in [7, 11) is 1.62. The molecule has 1 saturated heterocycles. The van der Waals surface area contributed by atoms with Crippen LogP contribution in [0.5, 0.6) is 11.6 Å². The monoisotopic (exact) mass is 506 g/mol. The maximum Gasteiger partial charge on any atom is 0.414 e. The largest absolute Gasteiger partial charge is 0.493 e. The average molecular weight is 507 g/mol. The van der Waals surface area contributed by atoms with Crippen molar-refractivity contribution in [3.8, 4) is 11.6 Å². The van der Waals surface area contributed by atoms with E-state index in [1.165, 1.54) is 11.8 Å². The van der Waals surface area contributed by atoms with Crippen LogP contribution >= 0.6 is 11.8 Å². The molecule has 2 atom stereocenters. The molecule has 0 radical (unpaired) electrons. The number of carbonyl (C=O) groups excluding carboxylic acids is 2. The molecule has 3 aliphatic heterocycles. The summed E-state index contributed by atoms with van der Waals surface area (Å²) in [5.74, 6) is 2.07. The number of rotatable bonds is 7. The van der Waals surface area contributed by atoms with Gasteiger partial charge in [-0.3, -0.25) is 9.69 Å². The molecule has 36 heavy (non-hydrogen) atoms. The van der Waals surface area contributed by atoms with Crippen molar-refractivity contribution in [2.45, 2.75) is 23.3 Å². The number of hydrogen-bond donors (Lipinski definition) is 2. The Morgan fingerprint density at radius 1 is 1.22 bits per heavy atom. The summed E-state index contributed by atoms with van der Waals surface area (Å²) in [6.45, 7) is 2.38. The predicted octanol–water partition coefficient (Wildman–Crippen LogP) is 3.77. The topological polar surface area (TPSA) is 102 Å². The Kier molecular flexibility index (Phi) is 6.06. The third-order valence-electron chi connectivity index (χ3n) is 6.72. The van der Waals surface area contributed by atoms with Gasteiger partial charge in [-0.05, 0) is 49.4 Å². The number of pyridine rings is 1. The Hall–Kier alpha value is -3.50. The molecule has 0 aliphatic carbocycles. The van der Waals surface area contributed by atoms with Crippen molar-refractivity contribution in [2.24, 2.45) is 0 Å².